The summed E-state index contributed by atoms with van der Waals surface area (Å²) in [6.07, 6.45) is 2.82. The minimum absolute atomic E-state index is 0.0289. The number of esters is 1. The van der Waals surface area contributed by atoms with Gasteiger partial charge in [-0.3, -0.25) is 14.7 Å². The second kappa shape index (κ2) is 9.55. The fraction of sp³-hybridized carbons (Fsp3) is 0.700. The summed E-state index contributed by atoms with van der Waals surface area (Å²) in [4.78, 5) is 23.0. The van der Waals surface area contributed by atoms with Crippen LogP contribution in [0.25, 0.3) is 0 Å². The van der Waals surface area contributed by atoms with E-state index in [-0.39, 0.29) is 11.9 Å². The van der Waals surface area contributed by atoms with Crippen LogP contribution in [0.2, 0.25) is 0 Å². The van der Waals surface area contributed by atoms with Crippen LogP contribution in [0.3, 0.4) is 0 Å². The lowest BCUT2D eigenvalue weighted by Gasteiger charge is -2.34. The van der Waals surface area contributed by atoms with E-state index in [4.69, 9.17) is 9.73 Å². The molecule has 1 aromatic rings. The van der Waals surface area contributed by atoms with Crippen LogP contribution < -0.4 is 5.32 Å². The van der Waals surface area contributed by atoms with Gasteiger partial charge in [-0.2, -0.15) is 0 Å². The molecule has 3 rings (SSSR count). The zero-order chi connectivity index (χ0) is 19.2. The molecular formula is C20H32N4O2S. The van der Waals surface area contributed by atoms with E-state index in [9.17, 15) is 4.79 Å². The summed E-state index contributed by atoms with van der Waals surface area (Å²) in [7, 11) is 1.47. The first-order valence-electron chi connectivity index (χ1n) is 10.0. The maximum absolute atomic E-state index is 11.7. The van der Waals surface area contributed by atoms with Gasteiger partial charge in [0.2, 0.25) is 0 Å². The first kappa shape index (κ1) is 20.1. The van der Waals surface area contributed by atoms with Gasteiger partial charge in [0.1, 0.15) is 0 Å². The van der Waals surface area contributed by atoms with E-state index < -0.39 is 0 Å². The summed E-state index contributed by atoms with van der Waals surface area (Å²) in [5.74, 6) is 0.921. The van der Waals surface area contributed by atoms with Crippen LogP contribution >= 0.6 is 11.3 Å². The highest BCUT2D eigenvalue weighted by molar-refractivity contribution is 7.10. The Morgan fingerprint density at radius 1 is 1.41 bits per heavy atom. The molecule has 1 fully saturated rings. The first-order valence-corrected chi connectivity index (χ1v) is 10.9. The predicted octanol–water partition coefficient (Wildman–Crippen LogP) is 2.35. The molecule has 6 nitrogen and oxygen atoms in total. The van der Waals surface area contributed by atoms with E-state index in [2.05, 4.69) is 40.4 Å². The van der Waals surface area contributed by atoms with Crippen molar-refractivity contribution in [3.63, 3.8) is 0 Å². The van der Waals surface area contributed by atoms with Gasteiger partial charge in [-0.15, -0.1) is 11.3 Å². The Bertz CT molecular complexity index is 652. The highest BCUT2D eigenvalue weighted by Crippen LogP contribution is 2.25. The normalized spacial score (nSPS) is 20.3. The van der Waals surface area contributed by atoms with Crippen LogP contribution in [0.4, 0.5) is 0 Å². The van der Waals surface area contributed by atoms with Crippen LogP contribution in [-0.4, -0.2) is 67.6 Å². The van der Waals surface area contributed by atoms with Gasteiger partial charge in [0.25, 0.3) is 0 Å². The molecule has 0 saturated carbocycles. The Morgan fingerprint density at radius 2 is 2.19 bits per heavy atom. The molecule has 3 heterocycles. The second-order valence-corrected chi connectivity index (χ2v) is 8.42. The Kier molecular flexibility index (Phi) is 7.13. The lowest BCUT2D eigenvalue weighted by Crippen LogP contribution is -2.47. The molecule has 7 heteroatoms. The maximum Gasteiger partial charge on any atom is 0.308 e. The number of likely N-dealkylation sites (tertiary alicyclic amines) is 1. The Labute approximate surface area is 166 Å². The number of thiophene rings is 1. The molecule has 1 aromatic heterocycles. The van der Waals surface area contributed by atoms with E-state index >= 15 is 0 Å². The Morgan fingerprint density at radius 3 is 2.89 bits per heavy atom. The number of nitrogens with zero attached hydrogens (tertiary/aromatic N) is 3. The SMILES string of the molecule is CCNC(=NCC(C)N1CCc2sccc2C1)N1CCC(C(=O)OC)CC1. The number of hydrogen-bond acceptors (Lipinski definition) is 5. The third-order valence-corrected chi connectivity index (χ3v) is 6.65. The molecule has 150 valence electrons. The van der Waals surface area contributed by atoms with E-state index in [1.165, 1.54) is 12.7 Å². The molecule has 0 spiro atoms. The molecule has 0 aromatic carbocycles. The number of carbonyl (C=O) groups is 1. The summed E-state index contributed by atoms with van der Waals surface area (Å²) in [6.45, 7) is 9.87. The third-order valence-electron chi connectivity index (χ3n) is 5.63. The Hall–Kier alpha value is -1.60. The van der Waals surface area contributed by atoms with Crippen molar-refractivity contribution >= 4 is 23.3 Å². The van der Waals surface area contributed by atoms with E-state index in [1.54, 1.807) is 4.88 Å². The van der Waals surface area contributed by atoms with Gasteiger partial charge in [-0.25, -0.2) is 0 Å². The molecule has 0 radical (unpaired) electrons. The molecule has 1 saturated heterocycles. The average molecular weight is 393 g/mol. The number of ether oxygens (including phenoxy) is 1. The van der Waals surface area contributed by atoms with Crippen LogP contribution in [0.5, 0.6) is 0 Å². The zero-order valence-electron chi connectivity index (χ0n) is 16.7. The third kappa shape index (κ3) is 5.02. The first-order chi connectivity index (χ1) is 13.1. The molecule has 0 aliphatic carbocycles. The monoisotopic (exact) mass is 392 g/mol. The van der Waals surface area contributed by atoms with Crippen LogP contribution in [0.1, 0.15) is 37.1 Å². The number of nitrogens with one attached hydrogen (secondary N) is 1. The molecule has 1 atom stereocenters. The molecule has 1 N–H and O–H groups in total. The fourth-order valence-electron chi connectivity index (χ4n) is 3.90. The number of fused-ring (bicyclic) bond motifs is 1. The maximum atomic E-state index is 11.7. The van der Waals surface area contributed by atoms with Crippen LogP contribution in [-0.2, 0) is 22.5 Å². The number of guanidine groups is 1. The van der Waals surface area contributed by atoms with Crippen LogP contribution in [0, 0.1) is 5.92 Å². The van der Waals surface area contributed by atoms with E-state index in [0.29, 0.717) is 6.04 Å². The highest BCUT2D eigenvalue weighted by atomic mass is 32.1. The molecule has 2 aliphatic rings. The summed E-state index contributed by atoms with van der Waals surface area (Å²) < 4.78 is 4.89. The van der Waals surface area contributed by atoms with Crippen molar-refractivity contribution in [3.05, 3.63) is 21.9 Å². The second-order valence-electron chi connectivity index (χ2n) is 7.42. The number of carbonyl (C=O) groups excluding carboxylic acids is 1. The van der Waals surface area contributed by atoms with Crippen molar-refractivity contribution in [1.82, 2.24) is 15.1 Å². The highest BCUT2D eigenvalue weighted by Gasteiger charge is 2.27. The van der Waals surface area contributed by atoms with Gasteiger partial charge in [0, 0.05) is 43.6 Å². The summed E-state index contributed by atoms with van der Waals surface area (Å²) in [6, 6.07) is 2.68. The predicted molar refractivity (Wildman–Crippen MR) is 110 cm³/mol. The number of methoxy groups -OCH3 is 1. The molecular weight excluding hydrogens is 360 g/mol. The largest absolute Gasteiger partial charge is 0.469 e. The van der Waals surface area contributed by atoms with Gasteiger partial charge in [-0.1, -0.05) is 0 Å². The smallest absolute Gasteiger partial charge is 0.308 e. The molecule has 27 heavy (non-hydrogen) atoms. The van der Waals surface area contributed by atoms with Crippen LogP contribution in [0.15, 0.2) is 16.4 Å². The quantitative estimate of drug-likeness (QED) is 0.474. The molecule has 1 unspecified atom stereocenters. The molecule has 2 aliphatic heterocycles. The van der Waals surface area contributed by atoms with Crippen molar-refractivity contribution in [1.29, 1.82) is 0 Å². The van der Waals surface area contributed by atoms with Gasteiger partial charge in [-0.05, 0) is 50.1 Å². The zero-order valence-corrected chi connectivity index (χ0v) is 17.6. The van der Waals surface area contributed by atoms with E-state index in [1.807, 2.05) is 11.3 Å². The number of aliphatic imine (C=N–C) groups is 1. The molecule has 0 bridgehead atoms. The lowest BCUT2D eigenvalue weighted by atomic mass is 9.97. The number of hydrogen-bond donors (Lipinski definition) is 1. The minimum Gasteiger partial charge on any atom is -0.469 e. The number of rotatable bonds is 5. The van der Waals surface area contributed by atoms with Crippen molar-refractivity contribution in [2.75, 3.05) is 39.8 Å². The van der Waals surface area contributed by atoms with Gasteiger partial charge in [0.05, 0.1) is 19.6 Å². The average Bonchev–Trinajstić information content (AvgIpc) is 3.18. The van der Waals surface area contributed by atoms with Crippen molar-refractivity contribution in [2.24, 2.45) is 10.9 Å². The van der Waals surface area contributed by atoms with E-state index in [0.717, 1.165) is 64.5 Å². The molecule has 0 amide bonds. The minimum atomic E-state index is -0.0805. The number of piperidine rings is 1. The fourth-order valence-corrected chi connectivity index (χ4v) is 4.79. The van der Waals surface area contributed by atoms with Crippen molar-refractivity contribution in [3.8, 4) is 0 Å². The summed E-state index contributed by atoms with van der Waals surface area (Å²) in [5.41, 5.74) is 1.49. The van der Waals surface area contributed by atoms with Crippen molar-refractivity contribution in [2.45, 2.75) is 45.7 Å². The van der Waals surface area contributed by atoms with Gasteiger partial charge in [0.15, 0.2) is 5.96 Å². The van der Waals surface area contributed by atoms with Crippen molar-refractivity contribution < 1.29 is 9.53 Å². The summed E-state index contributed by atoms with van der Waals surface area (Å²) in [5, 5.41) is 5.63. The van der Waals surface area contributed by atoms with Gasteiger partial charge >= 0.3 is 5.97 Å². The van der Waals surface area contributed by atoms with Gasteiger partial charge < -0.3 is 15.0 Å². The topological polar surface area (TPSA) is 57.2 Å². The Balaban J connectivity index is 1.55. The lowest BCUT2D eigenvalue weighted by molar-refractivity contribution is -0.146. The standard InChI is InChI=1S/C20H32N4O2S/c1-4-21-20(23-9-5-16(6-10-23)19(25)26-3)22-13-15(2)24-11-7-18-17(14-24)8-12-27-18/h8,12,15-16H,4-7,9-11,13-14H2,1-3H3,(H,21,22). The summed E-state index contributed by atoms with van der Waals surface area (Å²) >= 11 is 1.88.